The molecule has 0 saturated heterocycles. The second-order valence-electron chi connectivity index (χ2n) is 8.54. The van der Waals surface area contributed by atoms with Gasteiger partial charge >= 0.3 is 0 Å². The Kier molecular flexibility index (Phi) is 2.71. The molecule has 0 heteroatoms. The van der Waals surface area contributed by atoms with Gasteiger partial charge in [0.2, 0.25) is 0 Å². The molecule has 0 radical (unpaired) electrons. The zero-order chi connectivity index (χ0) is 13.1. The van der Waals surface area contributed by atoms with E-state index in [1.807, 2.05) is 5.57 Å². The fourth-order valence-electron chi connectivity index (χ4n) is 6.62. The van der Waals surface area contributed by atoms with Crippen LogP contribution in [0.4, 0.5) is 0 Å². The molecule has 4 aliphatic carbocycles. The molecule has 106 valence electrons. The van der Waals surface area contributed by atoms with Gasteiger partial charge < -0.3 is 0 Å². The Hall–Kier alpha value is -0.260. The van der Waals surface area contributed by atoms with Crippen LogP contribution in [0.1, 0.15) is 78.1 Å². The topological polar surface area (TPSA) is 0 Å². The molecule has 0 amide bonds. The summed E-state index contributed by atoms with van der Waals surface area (Å²) in [6.45, 7) is 5.24. The van der Waals surface area contributed by atoms with E-state index in [1.165, 1.54) is 64.2 Å². The number of hydrogen-bond acceptors (Lipinski definition) is 0. The first-order valence-corrected chi connectivity index (χ1v) is 8.84. The van der Waals surface area contributed by atoms with Gasteiger partial charge in [-0.3, -0.25) is 0 Å². The highest BCUT2D eigenvalue weighted by Gasteiger charge is 2.54. The zero-order valence-electron chi connectivity index (χ0n) is 12.9. The molecular weight excluding hydrogens is 228 g/mol. The third-order valence-electron chi connectivity index (χ3n) is 7.77. The second-order valence-corrected chi connectivity index (χ2v) is 8.54. The summed E-state index contributed by atoms with van der Waals surface area (Å²) < 4.78 is 0. The molecule has 0 nitrogen and oxygen atoms in total. The van der Waals surface area contributed by atoms with E-state index in [4.69, 9.17) is 0 Å². The summed E-state index contributed by atoms with van der Waals surface area (Å²) in [6.07, 6.45) is 17.6. The molecule has 0 N–H and O–H groups in total. The largest absolute Gasteiger partial charge is 0.0845 e. The Morgan fingerprint density at radius 1 is 0.947 bits per heavy atom. The minimum absolute atomic E-state index is 0.610. The highest BCUT2D eigenvalue weighted by atomic mass is 14.6. The van der Waals surface area contributed by atoms with Crippen molar-refractivity contribution in [3.8, 4) is 0 Å². The summed E-state index contributed by atoms with van der Waals surface area (Å²) in [5.41, 5.74) is 3.22. The molecule has 3 saturated carbocycles. The first kappa shape index (κ1) is 12.5. The molecular formula is C19H30. The van der Waals surface area contributed by atoms with Crippen LogP contribution in [0.3, 0.4) is 0 Å². The highest BCUT2D eigenvalue weighted by Crippen LogP contribution is 2.64. The van der Waals surface area contributed by atoms with Crippen molar-refractivity contribution in [3.05, 3.63) is 11.6 Å². The predicted molar refractivity (Wildman–Crippen MR) is 80.9 cm³/mol. The maximum atomic E-state index is 2.67. The van der Waals surface area contributed by atoms with Gasteiger partial charge in [-0.25, -0.2) is 0 Å². The lowest BCUT2D eigenvalue weighted by atomic mass is 9.47. The smallest absolute Gasteiger partial charge is 0.0110 e. The van der Waals surface area contributed by atoms with Crippen LogP contribution < -0.4 is 0 Å². The number of fused-ring (bicyclic) bond motifs is 5. The van der Waals surface area contributed by atoms with Crippen molar-refractivity contribution >= 4 is 0 Å². The van der Waals surface area contributed by atoms with Crippen LogP contribution in [0, 0.1) is 28.6 Å². The van der Waals surface area contributed by atoms with Gasteiger partial charge in [0.15, 0.2) is 0 Å². The van der Waals surface area contributed by atoms with Crippen molar-refractivity contribution in [2.24, 2.45) is 28.6 Å². The summed E-state index contributed by atoms with van der Waals surface area (Å²) >= 11 is 0. The van der Waals surface area contributed by atoms with E-state index < -0.39 is 0 Å². The summed E-state index contributed by atoms with van der Waals surface area (Å²) in [5.74, 6) is 3.07. The van der Waals surface area contributed by atoms with Gasteiger partial charge in [0.05, 0.1) is 0 Å². The minimum atomic E-state index is 0.610. The summed E-state index contributed by atoms with van der Waals surface area (Å²) in [4.78, 5) is 0. The fourth-order valence-corrected chi connectivity index (χ4v) is 6.62. The van der Waals surface area contributed by atoms with Gasteiger partial charge in [0.25, 0.3) is 0 Å². The van der Waals surface area contributed by atoms with Crippen LogP contribution in [0.5, 0.6) is 0 Å². The Labute approximate surface area is 119 Å². The van der Waals surface area contributed by atoms with E-state index in [0.717, 1.165) is 17.8 Å². The molecule has 19 heavy (non-hydrogen) atoms. The second kappa shape index (κ2) is 4.12. The molecule has 0 aromatic rings. The first-order chi connectivity index (χ1) is 9.13. The van der Waals surface area contributed by atoms with Crippen LogP contribution in [0.15, 0.2) is 11.6 Å². The van der Waals surface area contributed by atoms with Crippen molar-refractivity contribution in [3.63, 3.8) is 0 Å². The van der Waals surface area contributed by atoms with Crippen LogP contribution in [-0.2, 0) is 0 Å². The van der Waals surface area contributed by atoms with Crippen LogP contribution in [-0.4, -0.2) is 0 Å². The monoisotopic (exact) mass is 258 g/mol. The molecule has 0 heterocycles. The number of allylic oxidation sites excluding steroid dienone is 2. The minimum Gasteiger partial charge on any atom is -0.0845 e. The average molecular weight is 258 g/mol. The molecule has 0 bridgehead atoms. The van der Waals surface area contributed by atoms with Crippen LogP contribution in [0.25, 0.3) is 0 Å². The molecule has 0 spiro atoms. The van der Waals surface area contributed by atoms with E-state index >= 15 is 0 Å². The number of hydrogen-bond donors (Lipinski definition) is 0. The molecule has 5 atom stereocenters. The summed E-state index contributed by atoms with van der Waals surface area (Å²) in [7, 11) is 0. The normalized spacial score (nSPS) is 52.9. The van der Waals surface area contributed by atoms with Gasteiger partial charge in [0.1, 0.15) is 0 Å². The molecule has 4 aliphatic rings. The third kappa shape index (κ3) is 1.64. The molecule has 4 rings (SSSR count). The lowest BCUT2D eigenvalue weighted by molar-refractivity contribution is -0.0507. The van der Waals surface area contributed by atoms with E-state index in [0.29, 0.717) is 10.8 Å². The highest BCUT2D eigenvalue weighted by molar-refractivity contribution is 5.27. The van der Waals surface area contributed by atoms with Gasteiger partial charge in [-0.15, -0.1) is 0 Å². The summed E-state index contributed by atoms with van der Waals surface area (Å²) in [6, 6.07) is 0. The average Bonchev–Trinajstić information content (AvgIpc) is 2.79. The standard InChI is InChI=1S/C19H30/c1-18-11-5-7-16(18)15-9-8-14-6-3-4-12-19(14,2)17(15)10-13-18/h7,14-15,17H,3-6,8-13H2,1-2H3/t14?,15-,17+,18-,19-/m0/s1. The Balaban J connectivity index is 1.68. The maximum Gasteiger partial charge on any atom is -0.0110 e. The van der Waals surface area contributed by atoms with E-state index in [1.54, 1.807) is 0 Å². The van der Waals surface area contributed by atoms with Gasteiger partial charge in [-0.1, -0.05) is 38.3 Å². The van der Waals surface area contributed by atoms with Crippen LogP contribution >= 0.6 is 0 Å². The third-order valence-corrected chi connectivity index (χ3v) is 7.77. The zero-order valence-corrected chi connectivity index (χ0v) is 12.9. The lowest BCUT2D eigenvalue weighted by Crippen LogP contribution is -2.49. The Bertz CT molecular complexity index is 406. The van der Waals surface area contributed by atoms with Crippen LogP contribution in [0.2, 0.25) is 0 Å². The first-order valence-electron chi connectivity index (χ1n) is 8.84. The van der Waals surface area contributed by atoms with Crippen molar-refractivity contribution in [1.82, 2.24) is 0 Å². The maximum absolute atomic E-state index is 2.67. The van der Waals surface area contributed by atoms with Gasteiger partial charge in [-0.2, -0.15) is 0 Å². The molecule has 1 unspecified atom stereocenters. The van der Waals surface area contributed by atoms with E-state index in [-0.39, 0.29) is 0 Å². The van der Waals surface area contributed by atoms with Crippen molar-refractivity contribution in [2.45, 2.75) is 78.1 Å². The van der Waals surface area contributed by atoms with Crippen molar-refractivity contribution in [1.29, 1.82) is 0 Å². The number of rotatable bonds is 0. The quantitative estimate of drug-likeness (QED) is 0.487. The van der Waals surface area contributed by atoms with Crippen molar-refractivity contribution in [2.75, 3.05) is 0 Å². The molecule has 3 fully saturated rings. The SMILES string of the molecule is C[C@@]12CCC=C1[C@@H]1CCC3CCCC[C@]3(C)[C@@H]1CC2. The Morgan fingerprint density at radius 2 is 1.84 bits per heavy atom. The van der Waals surface area contributed by atoms with E-state index in [9.17, 15) is 0 Å². The van der Waals surface area contributed by atoms with Gasteiger partial charge in [0, 0.05) is 0 Å². The predicted octanol–water partition coefficient (Wildman–Crippen LogP) is 5.73. The molecule has 0 aromatic heterocycles. The lowest BCUT2D eigenvalue weighted by Gasteiger charge is -2.58. The van der Waals surface area contributed by atoms with Crippen molar-refractivity contribution < 1.29 is 0 Å². The van der Waals surface area contributed by atoms with Gasteiger partial charge in [-0.05, 0) is 80.0 Å². The Morgan fingerprint density at radius 3 is 2.74 bits per heavy atom. The fraction of sp³-hybridized carbons (Fsp3) is 0.895. The molecule has 0 aliphatic heterocycles. The summed E-state index contributed by atoms with van der Waals surface area (Å²) in [5, 5.41) is 0. The van der Waals surface area contributed by atoms with E-state index in [2.05, 4.69) is 19.9 Å². The molecule has 0 aromatic carbocycles.